The van der Waals surface area contributed by atoms with E-state index in [0.717, 1.165) is 11.1 Å². The van der Waals surface area contributed by atoms with Crippen LogP contribution in [0.1, 0.15) is 42.6 Å². The van der Waals surface area contributed by atoms with Gasteiger partial charge in [-0.25, -0.2) is 0 Å². The van der Waals surface area contributed by atoms with Gasteiger partial charge in [-0.15, -0.1) is 0 Å². The third-order valence-corrected chi connectivity index (χ3v) is 5.43. The fourth-order valence-corrected chi connectivity index (χ4v) is 3.72. The fourth-order valence-electron chi connectivity index (χ4n) is 3.72. The van der Waals surface area contributed by atoms with E-state index in [1.165, 1.54) is 14.0 Å². The molecule has 0 bridgehead atoms. The number of esters is 2. The number of carbonyl (C=O) groups excluding carboxylic acids is 3. The molecule has 1 atom stereocenters. The zero-order valence-electron chi connectivity index (χ0n) is 18.2. The molecule has 0 aromatic heterocycles. The second-order valence-electron chi connectivity index (χ2n) is 7.57. The van der Waals surface area contributed by atoms with Crippen LogP contribution >= 0.6 is 0 Å². The Morgan fingerprint density at radius 3 is 1.66 bits per heavy atom. The van der Waals surface area contributed by atoms with Crippen LogP contribution < -0.4 is 0 Å². The summed E-state index contributed by atoms with van der Waals surface area (Å²) in [6.45, 7) is 1.43. The Labute approximate surface area is 188 Å². The van der Waals surface area contributed by atoms with Gasteiger partial charge in [-0.1, -0.05) is 91.0 Å². The normalized spacial score (nSPS) is 12.6. The molecule has 0 spiro atoms. The number of carbonyl (C=O) groups is 3. The number of hydrogen-bond donors (Lipinski definition) is 0. The molecule has 3 rings (SSSR count). The van der Waals surface area contributed by atoms with Gasteiger partial charge in [-0.05, 0) is 30.0 Å². The molecule has 0 aliphatic rings. The van der Waals surface area contributed by atoms with Crippen LogP contribution in [0.2, 0.25) is 0 Å². The second-order valence-corrected chi connectivity index (χ2v) is 7.57. The van der Waals surface area contributed by atoms with Gasteiger partial charge in [0.15, 0.2) is 11.5 Å². The Bertz CT molecular complexity index is 1010. The molecule has 0 saturated heterocycles. The highest BCUT2D eigenvalue weighted by Gasteiger charge is 2.51. The molecular formula is C27H26O5. The Kier molecular flexibility index (Phi) is 7.55. The van der Waals surface area contributed by atoms with Crippen LogP contribution in [-0.4, -0.2) is 24.8 Å². The van der Waals surface area contributed by atoms with Gasteiger partial charge in [-0.2, -0.15) is 0 Å². The summed E-state index contributed by atoms with van der Waals surface area (Å²) in [6.07, 6.45) is -0.746. The van der Waals surface area contributed by atoms with E-state index < -0.39 is 23.5 Å². The molecule has 0 N–H and O–H groups in total. The van der Waals surface area contributed by atoms with E-state index in [1.54, 1.807) is 30.3 Å². The summed E-state index contributed by atoms with van der Waals surface area (Å²) in [7, 11) is 1.23. The van der Waals surface area contributed by atoms with E-state index in [4.69, 9.17) is 9.47 Å². The van der Waals surface area contributed by atoms with Crippen LogP contribution in [0.25, 0.3) is 0 Å². The van der Waals surface area contributed by atoms with Gasteiger partial charge in [0.05, 0.1) is 7.11 Å². The first kappa shape index (κ1) is 22.9. The SMILES string of the molecule is COC(=O)C(CCC(C)=O)(C(=O)OC(c1ccccc1)c1ccccc1)c1ccccc1. The largest absolute Gasteiger partial charge is 0.468 e. The van der Waals surface area contributed by atoms with Crippen LogP contribution in [0.5, 0.6) is 0 Å². The predicted molar refractivity (Wildman–Crippen MR) is 121 cm³/mol. The maximum absolute atomic E-state index is 13.8. The van der Waals surface area contributed by atoms with E-state index in [9.17, 15) is 14.4 Å². The number of methoxy groups -OCH3 is 1. The standard InChI is InChI=1S/C27H26O5/c1-20(28)18-19-27(25(29)31-2,23-16-10-5-11-17-23)26(30)32-24(21-12-6-3-7-13-21)22-14-8-4-9-15-22/h3-17,24H,18-19H2,1-2H3. The molecule has 164 valence electrons. The minimum atomic E-state index is -1.76. The van der Waals surface area contributed by atoms with Crippen molar-refractivity contribution in [3.63, 3.8) is 0 Å². The van der Waals surface area contributed by atoms with Crippen molar-refractivity contribution >= 4 is 17.7 Å². The lowest BCUT2D eigenvalue weighted by Gasteiger charge is -2.31. The third-order valence-electron chi connectivity index (χ3n) is 5.43. The average Bonchev–Trinajstić information content (AvgIpc) is 2.84. The summed E-state index contributed by atoms with van der Waals surface area (Å²) in [5.41, 5.74) is 0.206. The summed E-state index contributed by atoms with van der Waals surface area (Å²) in [5.74, 6) is -1.64. The molecule has 5 heteroatoms. The van der Waals surface area contributed by atoms with Crippen molar-refractivity contribution in [3.05, 3.63) is 108 Å². The summed E-state index contributed by atoms with van der Waals surface area (Å²) in [5, 5.41) is 0. The van der Waals surface area contributed by atoms with Gasteiger partial charge in [0.2, 0.25) is 0 Å². The fraction of sp³-hybridized carbons (Fsp3) is 0.222. The molecule has 0 radical (unpaired) electrons. The number of ether oxygens (including phenoxy) is 2. The molecule has 0 saturated carbocycles. The topological polar surface area (TPSA) is 69.7 Å². The molecule has 0 fully saturated rings. The molecule has 32 heavy (non-hydrogen) atoms. The molecule has 0 aliphatic carbocycles. The van der Waals surface area contributed by atoms with Gasteiger partial charge >= 0.3 is 11.9 Å². The van der Waals surface area contributed by atoms with Crippen LogP contribution in [-0.2, 0) is 29.3 Å². The van der Waals surface area contributed by atoms with E-state index >= 15 is 0 Å². The van der Waals surface area contributed by atoms with Crippen molar-refractivity contribution in [2.24, 2.45) is 0 Å². The molecule has 0 heterocycles. The highest BCUT2D eigenvalue weighted by atomic mass is 16.6. The highest BCUT2D eigenvalue weighted by Crippen LogP contribution is 2.36. The molecule has 3 aromatic carbocycles. The van der Waals surface area contributed by atoms with Crippen molar-refractivity contribution in [1.29, 1.82) is 0 Å². The average molecular weight is 431 g/mol. The summed E-state index contributed by atoms with van der Waals surface area (Å²) >= 11 is 0. The zero-order chi connectivity index (χ0) is 23.0. The summed E-state index contributed by atoms with van der Waals surface area (Å²) in [6, 6.07) is 27.3. The van der Waals surface area contributed by atoms with Crippen LogP contribution in [0.4, 0.5) is 0 Å². The predicted octanol–water partition coefficient (Wildman–Crippen LogP) is 4.80. The lowest BCUT2D eigenvalue weighted by atomic mass is 9.76. The van der Waals surface area contributed by atoms with Crippen LogP contribution in [0.15, 0.2) is 91.0 Å². The Morgan fingerprint density at radius 2 is 1.22 bits per heavy atom. The molecular weight excluding hydrogens is 404 g/mol. The van der Waals surface area contributed by atoms with E-state index in [1.807, 2.05) is 60.7 Å². The van der Waals surface area contributed by atoms with Crippen molar-refractivity contribution in [2.75, 3.05) is 7.11 Å². The highest BCUT2D eigenvalue weighted by molar-refractivity contribution is 6.06. The maximum atomic E-state index is 13.8. The molecule has 3 aromatic rings. The Balaban J connectivity index is 2.09. The van der Waals surface area contributed by atoms with Gasteiger partial charge in [0.1, 0.15) is 5.78 Å². The van der Waals surface area contributed by atoms with Crippen molar-refractivity contribution in [2.45, 2.75) is 31.3 Å². The number of ketones is 1. The van der Waals surface area contributed by atoms with Crippen LogP contribution in [0, 0.1) is 0 Å². The Hall–Kier alpha value is -3.73. The first-order chi connectivity index (χ1) is 15.5. The lowest BCUT2D eigenvalue weighted by Crippen LogP contribution is -2.46. The van der Waals surface area contributed by atoms with Crippen molar-refractivity contribution < 1.29 is 23.9 Å². The summed E-state index contributed by atoms with van der Waals surface area (Å²) in [4.78, 5) is 38.7. The molecule has 0 aliphatic heterocycles. The second kappa shape index (κ2) is 10.5. The van der Waals surface area contributed by atoms with E-state index in [0.29, 0.717) is 5.56 Å². The van der Waals surface area contributed by atoms with E-state index in [2.05, 4.69) is 0 Å². The number of benzene rings is 3. The molecule has 1 unspecified atom stereocenters. The number of Topliss-reactive ketones (excluding diaryl/α,β-unsaturated/α-hetero) is 1. The number of hydrogen-bond acceptors (Lipinski definition) is 5. The zero-order valence-corrected chi connectivity index (χ0v) is 18.2. The van der Waals surface area contributed by atoms with Gasteiger partial charge in [-0.3, -0.25) is 9.59 Å². The summed E-state index contributed by atoms with van der Waals surface area (Å²) < 4.78 is 11.1. The lowest BCUT2D eigenvalue weighted by molar-refractivity contribution is -0.167. The molecule has 0 amide bonds. The monoisotopic (exact) mass is 430 g/mol. The van der Waals surface area contributed by atoms with Crippen molar-refractivity contribution in [3.8, 4) is 0 Å². The van der Waals surface area contributed by atoms with Gasteiger partial charge < -0.3 is 14.3 Å². The maximum Gasteiger partial charge on any atom is 0.329 e. The first-order valence-corrected chi connectivity index (χ1v) is 10.4. The van der Waals surface area contributed by atoms with E-state index in [-0.39, 0.29) is 18.6 Å². The third kappa shape index (κ3) is 4.94. The van der Waals surface area contributed by atoms with Gasteiger partial charge in [0, 0.05) is 6.42 Å². The first-order valence-electron chi connectivity index (χ1n) is 10.4. The van der Waals surface area contributed by atoms with Crippen molar-refractivity contribution in [1.82, 2.24) is 0 Å². The Morgan fingerprint density at radius 1 is 0.750 bits per heavy atom. The van der Waals surface area contributed by atoms with Crippen LogP contribution in [0.3, 0.4) is 0 Å². The quantitative estimate of drug-likeness (QED) is 0.360. The smallest absolute Gasteiger partial charge is 0.329 e. The number of rotatable bonds is 9. The van der Waals surface area contributed by atoms with Gasteiger partial charge in [0.25, 0.3) is 0 Å². The molecule has 5 nitrogen and oxygen atoms in total. The minimum Gasteiger partial charge on any atom is -0.468 e. The minimum absolute atomic E-state index is 0.0282.